The predicted octanol–water partition coefficient (Wildman–Crippen LogP) is 2.81. The van der Waals surface area contributed by atoms with Gasteiger partial charge in [-0.25, -0.2) is 8.42 Å². The van der Waals surface area contributed by atoms with Crippen molar-refractivity contribution < 1.29 is 13.2 Å². The summed E-state index contributed by atoms with van der Waals surface area (Å²) in [7, 11) is -3.52. The normalized spacial score (nSPS) is 18.5. The van der Waals surface area contributed by atoms with Crippen LogP contribution in [0.4, 0.5) is 5.69 Å². The van der Waals surface area contributed by atoms with E-state index in [0.29, 0.717) is 5.69 Å². The third kappa shape index (κ3) is 4.29. The van der Waals surface area contributed by atoms with Crippen LogP contribution in [-0.2, 0) is 21.2 Å². The van der Waals surface area contributed by atoms with Gasteiger partial charge in [-0.05, 0) is 43.7 Å². The summed E-state index contributed by atoms with van der Waals surface area (Å²) in [5.41, 5.74) is 1.54. The number of aryl methyl sites for hydroxylation is 1. The number of piperidine rings is 1. The lowest BCUT2D eigenvalue weighted by Crippen LogP contribution is -2.49. The molecule has 1 aliphatic rings. The number of sulfonamides is 1. The maximum Gasteiger partial charge on any atom is 0.243 e. The zero-order valence-corrected chi connectivity index (χ0v) is 15.7. The van der Waals surface area contributed by atoms with Crippen molar-refractivity contribution in [2.24, 2.45) is 0 Å². The first kappa shape index (κ1) is 18.8. The number of para-hydroxylation sites is 1. The summed E-state index contributed by atoms with van der Waals surface area (Å²) < 4.78 is 25.9. The van der Waals surface area contributed by atoms with Gasteiger partial charge >= 0.3 is 0 Å². The van der Waals surface area contributed by atoms with Gasteiger partial charge in [0.25, 0.3) is 0 Å². The van der Waals surface area contributed by atoms with Gasteiger partial charge in [-0.3, -0.25) is 9.10 Å². The molecule has 0 bridgehead atoms. The second kappa shape index (κ2) is 8.01. The number of amides is 1. The summed E-state index contributed by atoms with van der Waals surface area (Å²) in [6, 6.07) is 7.62. The first-order chi connectivity index (χ1) is 11.4. The first-order valence-corrected chi connectivity index (χ1v) is 10.6. The van der Waals surface area contributed by atoms with Crippen molar-refractivity contribution in [3.05, 3.63) is 29.8 Å². The molecule has 0 spiro atoms. The SMILES string of the molecule is CCc1ccccc1N(CC(=O)N1CCCCC1CC)S(C)(=O)=O. The van der Waals surface area contributed by atoms with E-state index in [-0.39, 0.29) is 18.5 Å². The Morgan fingerprint density at radius 3 is 2.58 bits per heavy atom. The van der Waals surface area contributed by atoms with Crippen molar-refractivity contribution in [1.82, 2.24) is 4.90 Å². The summed E-state index contributed by atoms with van der Waals surface area (Å²) in [4.78, 5) is 14.7. The van der Waals surface area contributed by atoms with Crippen molar-refractivity contribution in [3.8, 4) is 0 Å². The highest BCUT2D eigenvalue weighted by atomic mass is 32.2. The molecule has 0 radical (unpaired) electrons. The summed E-state index contributed by atoms with van der Waals surface area (Å²) in [5.74, 6) is -0.0992. The average Bonchev–Trinajstić information content (AvgIpc) is 2.58. The van der Waals surface area contributed by atoms with Gasteiger partial charge in [-0.2, -0.15) is 0 Å². The van der Waals surface area contributed by atoms with Crippen LogP contribution in [0.25, 0.3) is 0 Å². The number of hydrogen-bond donors (Lipinski definition) is 0. The van der Waals surface area contributed by atoms with Gasteiger partial charge in [-0.1, -0.05) is 32.0 Å². The molecule has 1 aliphatic heterocycles. The van der Waals surface area contributed by atoms with E-state index >= 15 is 0 Å². The van der Waals surface area contributed by atoms with Gasteiger partial charge < -0.3 is 4.90 Å². The molecule has 1 heterocycles. The number of likely N-dealkylation sites (tertiary alicyclic amines) is 1. The van der Waals surface area contributed by atoms with Gasteiger partial charge in [0, 0.05) is 12.6 Å². The second-order valence-electron chi connectivity index (χ2n) is 6.40. The van der Waals surface area contributed by atoms with Crippen molar-refractivity contribution in [1.29, 1.82) is 0 Å². The number of carbonyl (C=O) groups is 1. The average molecular weight is 353 g/mol. The van der Waals surface area contributed by atoms with Crippen molar-refractivity contribution in [2.45, 2.75) is 52.0 Å². The zero-order chi connectivity index (χ0) is 17.7. The van der Waals surface area contributed by atoms with E-state index in [1.54, 1.807) is 6.07 Å². The van der Waals surface area contributed by atoms with E-state index in [1.807, 2.05) is 30.0 Å². The topological polar surface area (TPSA) is 57.7 Å². The molecule has 1 aromatic carbocycles. The summed E-state index contributed by atoms with van der Waals surface area (Å²) >= 11 is 0. The Morgan fingerprint density at radius 1 is 1.25 bits per heavy atom. The van der Waals surface area contributed by atoms with Crippen LogP contribution in [-0.4, -0.2) is 44.6 Å². The molecule has 134 valence electrons. The second-order valence-corrected chi connectivity index (χ2v) is 8.30. The number of benzene rings is 1. The molecule has 1 unspecified atom stereocenters. The number of hydrogen-bond acceptors (Lipinski definition) is 3. The molecule has 0 aliphatic carbocycles. The molecule has 1 aromatic rings. The van der Waals surface area contributed by atoms with E-state index in [0.717, 1.165) is 44.2 Å². The van der Waals surface area contributed by atoms with Crippen LogP contribution < -0.4 is 4.31 Å². The van der Waals surface area contributed by atoms with Gasteiger partial charge in [-0.15, -0.1) is 0 Å². The highest BCUT2D eigenvalue weighted by molar-refractivity contribution is 7.92. The van der Waals surface area contributed by atoms with Gasteiger partial charge in [0.05, 0.1) is 11.9 Å². The molecular formula is C18H28N2O3S. The molecule has 0 saturated carbocycles. The first-order valence-electron chi connectivity index (χ1n) is 8.73. The van der Waals surface area contributed by atoms with E-state index < -0.39 is 10.0 Å². The fourth-order valence-electron chi connectivity index (χ4n) is 3.40. The van der Waals surface area contributed by atoms with Gasteiger partial charge in [0.2, 0.25) is 15.9 Å². The number of rotatable bonds is 6. The summed E-state index contributed by atoms with van der Waals surface area (Å²) in [5, 5.41) is 0. The Labute approximate surface area is 145 Å². The molecule has 1 atom stereocenters. The molecule has 2 rings (SSSR count). The Hall–Kier alpha value is -1.56. The standard InChI is InChI=1S/C18H28N2O3S/c1-4-15-10-6-7-12-17(15)20(24(3,22)23)14-18(21)19-13-9-8-11-16(19)5-2/h6-7,10,12,16H,4-5,8-9,11,13-14H2,1-3H3. The molecule has 24 heavy (non-hydrogen) atoms. The van der Waals surface area contributed by atoms with Crippen LogP contribution in [0.15, 0.2) is 24.3 Å². The highest BCUT2D eigenvalue weighted by Gasteiger charge is 2.29. The zero-order valence-electron chi connectivity index (χ0n) is 14.9. The third-order valence-electron chi connectivity index (χ3n) is 4.74. The van der Waals surface area contributed by atoms with Crippen molar-refractivity contribution in [3.63, 3.8) is 0 Å². The van der Waals surface area contributed by atoms with Crippen LogP contribution in [0, 0.1) is 0 Å². The molecule has 1 saturated heterocycles. The van der Waals surface area contributed by atoms with Crippen LogP contribution in [0.3, 0.4) is 0 Å². The van der Waals surface area contributed by atoms with Crippen molar-refractivity contribution in [2.75, 3.05) is 23.7 Å². The summed E-state index contributed by atoms with van der Waals surface area (Å²) in [6.45, 7) is 4.67. The number of carbonyl (C=O) groups excluding carboxylic acids is 1. The monoisotopic (exact) mass is 352 g/mol. The minimum absolute atomic E-state index is 0.0992. The maximum atomic E-state index is 12.8. The molecular weight excluding hydrogens is 324 g/mol. The van der Waals surface area contributed by atoms with Gasteiger partial charge in [0.15, 0.2) is 0 Å². The predicted molar refractivity (Wildman–Crippen MR) is 97.7 cm³/mol. The highest BCUT2D eigenvalue weighted by Crippen LogP contribution is 2.25. The fraction of sp³-hybridized carbons (Fsp3) is 0.611. The molecule has 6 heteroatoms. The molecule has 0 aromatic heterocycles. The van der Waals surface area contributed by atoms with E-state index in [4.69, 9.17) is 0 Å². The Morgan fingerprint density at radius 2 is 1.96 bits per heavy atom. The van der Waals surface area contributed by atoms with Crippen LogP contribution >= 0.6 is 0 Å². The molecule has 0 N–H and O–H groups in total. The fourth-order valence-corrected chi connectivity index (χ4v) is 4.28. The molecule has 5 nitrogen and oxygen atoms in total. The molecule has 1 fully saturated rings. The van der Waals surface area contributed by atoms with Gasteiger partial charge in [0.1, 0.15) is 6.54 Å². The quantitative estimate of drug-likeness (QED) is 0.791. The van der Waals surface area contributed by atoms with E-state index in [2.05, 4.69) is 6.92 Å². The maximum absolute atomic E-state index is 12.8. The number of anilines is 1. The van der Waals surface area contributed by atoms with Crippen LogP contribution in [0.5, 0.6) is 0 Å². The lowest BCUT2D eigenvalue weighted by molar-refractivity contribution is -0.133. The minimum atomic E-state index is -3.52. The Kier molecular flexibility index (Phi) is 6.27. The van der Waals surface area contributed by atoms with E-state index in [9.17, 15) is 13.2 Å². The Balaban J connectivity index is 2.28. The summed E-state index contributed by atoms with van der Waals surface area (Å²) in [6.07, 6.45) is 5.93. The molecule has 1 amide bonds. The number of nitrogens with zero attached hydrogens (tertiary/aromatic N) is 2. The lowest BCUT2D eigenvalue weighted by atomic mass is 10.00. The largest absolute Gasteiger partial charge is 0.338 e. The van der Waals surface area contributed by atoms with Crippen molar-refractivity contribution >= 4 is 21.6 Å². The Bertz CT molecular complexity index is 673. The third-order valence-corrected chi connectivity index (χ3v) is 5.87. The van der Waals surface area contributed by atoms with Crippen LogP contribution in [0.1, 0.15) is 45.1 Å². The minimum Gasteiger partial charge on any atom is -0.338 e. The van der Waals surface area contributed by atoms with E-state index in [1.165, 1.54) is 10.6 Å². The lowest BCUT2D eigenvalue weighted by Gasteiger charge is -2.36. The van der Waals surface area contributed by atoms with Crippen LogP contribution in [0.2, 0.25) is 0 Å². The smallest absolute Gasteiger partial charge is 0.243 e.